The van der Waals surface area contributed by atoms with Crippen molar-refractivity contribution in [2.75, 3.05) is 18.5 Å². The maximum atomic E-state index is 12.8. The Morgan fingerprint density at radius 3 is 2.73 bits per heavy atom. The van der Waals surface area contributed by atoms with Crippen LogP contribution in [0.15, 0.2) is 73.3 Å². The number of fused-ring (bicyclic) bond motifs is 4. The van der Waals surface area contributed by atoms with E-state index in [1.54, 1.807) is 18.5 Å². The first-order valence-corrected chi connectivity index (χ1v) is 15.0. The van der Waals surface area contributed by atoms with E-state index in [1.165, 1.54) is 11.9 Å². The van der Waals surface area contributed by atoms with Crippen LogP contribution >= 0.6 is 8.53 Å². The molecule has 2 aromatic heterocycles. The highest BCUT2D eigenvalue weighted by molar-refractivity contribution is 7.45. The van der Waals surface area contributed by atoms with Crippen LogP contribution in [0.5, 0.6) is 0 Å². The number of nitrogens with zero attached hydrogens (tertiary/aromatic N) is 5. The summed E-state index contributed by atoms with van der Waals surface area (Å²) in [5.74, 6) is 0.0639. The Balaban J connectivity index is 1.04. The van der Waals surface area contributed by atoms with E-state index >= 15 is 0 Å². The number of hydrogen-bond acceptors (Lipinski definition) is 9. The van der Waals surface area contributed by atoms with Crippen molar-refractivity contribution < 1.29 is 23.3 Å². The van der Waals surface area contributed by atoms with Crippen LogP contribution in [-0.2, 0) is 18.5 Å². The van der Waals surface area contributed by atoms with Gasteiger partial charge in [-0.3, -0.25) is 9.36 Å². The summed E-state index contributed by atoms with van der Waals surface area (Å²) in [6.45, 7) is 3.41. The fraction of sp³-hybridized carbons (Fsp3) is 0.379. The number of carbonyl (C=O) groups is 1. The number of hydrogen-bond donors (Lipinski definition) is 1. The maximum Gasteiger partial charge on any atom is 0.260 e. The normalized spacial score (nSPS) is 32.5. The fourth-order valence-electron chi connectivity index (χ4n) is 6.36. The second-order valence-corrected chi connectivity index (χ2v) is 12.4. The highest BCUT2D eigenvalue weighted by Crippen LogP contribution is 2.63. The monoisotopic (exact) mass is 572 g/mol. The number of aromatic nitrogens is 4. The summed E-state index contributed by atoms with van der Waals surface area (Å²) in [5.41, 5.74) is 2.07. The second kappa shape index (κ2) is 9.90. The standard InChI is InChI=1S/C29H29N6O5P/c1-29-15-37-23(24(29)40-41-35-14-8-13-20(35)22(39-41)18-9-4-2-5-10-18)28(38-29)34-17-32-21-25(30-16-31-26(21)34)33-27(36)19-11-6-3-7-12-19/h2-7,9-12,16-17,20,22-24,28H,8,13-15H2,1H3,(H,30,31,33,36)/t20-,22?,23+,24?,28-,29-,41+/m1/s1. The number of anilines is 1. The zero-order valence-corrected chi connectivity index (χ0v) is 23.3. The van der Waals surface area contributed by atoms with E-state index in [1.807, 2.05) is 35.8 Å². The van der Waals surface area contributed by atoms with Gasteiger partial charge in [-0.15, -0.1) is 0 Å². The average Bonchev–Trinajstić information content (AvgIpc) is 3.81. The molecule has 0 spiro atoms. The SMILES string of the molecule is C[C@@]12CO[C@@H](C1O[P@]1OC(c3ccccc3)[C@H]3CCCN31)[C@H](n1cnc3c(NC(=O)c4ccccc4)ncnc31)O2. The molecule has 7 atom stereocenters. The van der Waals surface area contributed by atoms with Crippen molar-refractivity contribution in [2.45, 2.75) is 55.9 Å². The lowest BCUT2D eigenvalue weighted by Crippen LogP contribution is -2.38. The van der Waals surface area contributed by atoms with Crippen LogP contribution in [0.2, 0.25) is 0 Å². The number of imidazole rings is 1. The van der Waals surface area contributed by atoms with Crippen molar-refractivity contribution in [3.63, 3.8) is 0 Å². The number of ether oxygens (including phenoxy) is 2. The summed E-state index contributed by atoms with van der Waals surface area (Å²) in [4.78, 5) is 26.1. The molecule has 1 N–H and O–H groups in total. The Morgan fingerprint density at radius 1 is 1.10 bits per heavy atom. The van der Waals surface area contributed by atoms with E-state index in [0.29, 0.717) is 35.2 Å². The lowest BCUT2D eigenvalue weighted by Gasteiger charge is -2.29. The summed E-state index contributed by atoms with van der Waals surface area (Å²) in [6, 6.07) is 19.7. The Kier molecular flexibility index (Phi) is 6.14. The van der Waals surface area contributed by atoms with Crippen molar-refractivity contribution in [3.05, 3.63) is 84.4 Å². The number of benzene rings is 2. The van der Waals surface area contributed by atoms with Gasteiger partial charge in [-0.25, -0.2) is 19.6 Å². The summed E-state index contributed by atoms with van der Waals surface area (Å²) in [5, 5.41) is 2.86. The molecule has 12 heteroatoms. The van der Waals surface area contributed by atoms with Gasteiger partial charge in [0.2, 0.25) is 0 Å². The molecule has 4 aliphatic rings. The first kappa shape index (κ1) is 25.4. The highest BCUT2D eigenvalue weighted by atomic mass is 31.2. The predicted molar refractivity (Wildman–Crippen MR) is 150 cm³/mol. The van der Waals surface area contributed by atoms with Gasteiger partial charge >= 0.3 is 0 Å². The van der Waals surface area contributed by atoms with Gasteiger partial charge in [-0.2, -0.15) is 0 Å². The van der Waals surface area contributed by atoms with Crippen LogP contribution < -0.4 is 5.32 Å². The van der Waals surface area contributed by atoms with Crippen molar-refractivity contribution in [1.82, 2.24) is 24.2 Å². The zero-order chi connectivity index (χ0) is 27.6. The van der Waals surface area contributed by atoms with Crippen molar-refractivity contribution in [1.29, 1.82) is 0 Å². The van der Waals surface area contributed by atoms with Gasteiger partial charge in [0.25, 0.3) is 14.4 Å². The van der Waals surface area contributed by atoms with Crippen LogP contribution in [0.3, 0.4) is 0 Å². The Labute approximate surface area is 237 Å². The molecule has 4 aromatic rings. The minimum absolute atomic E-state index is 0.00637. The van der Waals surface area contributed by atoms with Gasteiger partial charge in [0.05, 0.1) is 12.9 Å². The molecule has 4 aliphatic heterocycles. The average molecular weight is 573 g/mol. The van der Waals surface area contributed by atoms with Gasteiger partial charge in [0, 0.05) is 18.2 Å². The Morgan fingerprint density at radius 2 is 1.90 bits per heavy atom. The molecule has 8 rings (SSSR count). The molecule has 4 fully saturated rings. The second-order valence-electron chi connectivity index (χ2n) is 11.0. The third-order valence-corrected chi connectivity index (χ3v) is 10.1. The molecule has 0 aliphatic carbocycles. The smallest absolute Gasteiger partial charge is 0.260 e. The van der Waals surface area contributed by atoms with E-state index in [4.69, 9.17) is 18.5 Å². The first-order valence-electron chi connectivity index (χ1n) is 13.9. The molecule has 0 radical (unpaired) electrons. The molecule has 6 heterocycles. The van der Waals surface area contributed by atoms with Gasteiger partial charge < -0.3 is 23.8 Å². The first-order chi connectivity index (χ1) is 20.1. The molecule has 210 valence electrons. The van der Waals surface area contributed by atoms with Crippen molar-refractivity contribution in [3.8, 4) is 0 Å². The number of amides is 1. The van der Waals surface area contributed by atoms with Crippen LogP contribution in [0.1, 0.15) is 48.0 Å². The van der Waals surface area contributed by atoms with E-state index in [9.17, 15) is 4.79 Å². The summed E-state index contributed by atoms with van der Waals surface area (Å²) in [6.07, 6.45) is 4.07. The minimum atomic E-state index is -1.28. The molecular formula is C29H29N6O5P. The van der Waals surface area contributed by atoms with Crippen molar-refractivity contribution >= 4 is 31.4 Å². The van der Waals surface area contributed by atoms with Gasteiger partial charge in [0.15, 0.2) is 23.2 Å². The number of carbonyl (C=O) groups excluding carboxylic acids is 1. The molecule has 2 unspecified atom stereocenters. The molecule has 1 amide bonds. The van der Waals surface area contributed by atoms with E-state index < -0.39 is 20.4 Å². The molecule has 41 heavy (non-hydrogen) atoms. The van der Waals surface area contributed by atoms with Gasteiger partial charge in [-0.05, 0) is 37.5 Å². The van der Waals surface area contributed by atoms with E-state index in [0.717, 1.165) is 19.4 Å². The predicted octanol–water partition coefficient (Wildman–Crippen LogP) is 4.61. The van der Waals surface area contributed by atoms with Gasteiger partial charge in [-0.1, -0.05) is 48.5 Å². The van der Waals surface area contributed by atoms with Crippen molar-refractivity contribution in [2.24, 2.45) is 0 Å². The summed E-state index contributed by atoms with van der Waals surface area (Å²) < 4.78 is 30.5. The fourth-order valence-corrected chi connectivity index (χ4v) is 8.43. The molecule has 2 bridgehead atoms. The maximum absolute atomic E-state index is 12.8. The Bertz CT molecular complexity index is 1590. The Hall–Kier alpha value is -3.31. The number of rotatable bonds is 6. The largest absolute Gasteiger partial charge is 0.368 e. The molecule has 11 nitrogen and oxygen atoms in total. The van der Waals surface area contributed by atoms with E-state index in [-0.39, 0.29) is 24.2 Å². The van der Waals surface area contributed by atoms with Crippen LogP contribution in [0, 0.1) is 0 Å². The topological polar surface area (TPSA) is 113 Å². The third-order valence-electron chi connectivity index (χ3n) is 8.40. The van der Waals surface area contributed by atoms with Crippen LogP contribution in [0.25, 0.3) is 11.2 Å². The lowest BCUT2D eigenvalue weighted by atomic mass is 10.0. The van der Waals surface area contributed by atoms with Crippen LogP contribution in [-0.4, -0.2) is 67.1 Å². The summed E-state index contributed by atoms with van der Waals surface area (Å²) >= 11 is 0. The quantitative estimate of drug-likeness (QED) is 0.331. The number of nitrogens with one attached hydrogen (secondary N) is 1. The molecule has 4 saturated heterocycles. The molecule has 0 saturated carbocycles. The molecule has 2 aromatic carbocycles. The van der Waals surface area contributed by atoms with Gasteiger partial charge in [0.1, 0.15) is 30.2 Å². The highest BCUT2D eigenvalue weighted by Gasteiger charge is 2.63. The van der Waals surface area contributed by atoms with Crippen LogP contribution in [0.4, 0.5) is 5.82 Å². The third kappa shape index (κ3) is 4.19. The lowest BCUT2D eigenvalue weighted by molar-refractivity contribution is -0.164. The minimum Gasteiger partial charge on any atom is -0.368 e. The zero-order valence-electron chi connectivity index (χ0n) is 22.4. The van der Waals surface area contributed by atoms with E-state index in [2.05, 4.69) is 49.2 Å². The summed E-state index contributed by atoms with van der Waals surface area (Å²) in [7, 11) is -1.28. The molecular weight excluding hydrogens is 543 g/mol.